The van der Waals surface area contributed by atoms with Gasteiger partial charge in [0.15, 0.2) is 0 Å². The second-order valence-corrected chi connectivity index (χ2v) is 4.39. The summed E-state index contributed by atoms with van der Waals surface area (Å²) in [5.74, 6) is -0.577. The van der Waals surface area contributed by atoms with Crippen LogP contribution >= 0.6 is 0 Å². The molecule has 0 amide bonds. The van der Waals surface area contributed by atoms with Crippen LogP contribution in [0.25, 0.3) is 0 Å². The van der Waals surface area contributed by atoms with Crippen LogP contribution in [-0.4, -0.2) is 38.1 Å². The van der Waals surface area contributed by atoms with E-state index < -0.39 is 12.5 Å². The van der Waals surface area contributed by atoms with E-state index in [2.05, 4.69) is 4.98 Å². The predicted molar refractivity (Wildman–Crippen MR) is 59.2 cm³/mol. The third-order valence-corrected chi connectivity index (χ3v) is 3.21. The van der Waals surface area contributed by atoms with Crippen LogP contribution in [0, 0.1) is 0 Å². The van der Waals surface area contributed by atoms with Crippen molar-refractivity contribution in [2.45, 2.75) is 38.4 Å². The van der Waals surface area contributed by atoms with Crippen molar-refractivity contribution in [2.75, 3.05) is 6.54 Å². The molecular formula is C11H15F2N3O2. The predicted octanol–water partition coefficient (Wildman–Crippen LogP) is 1.72. The number of imidazole rings is 1. The fraction of sp³-hybridized carbons (Fsp3) is 0.636. The molecule has 1 N–H and O–H groups in total. The van der Waals surface area contributed by atoms with Crippen molar-refractivity contribution in [3.63, 3.8) is 0 Å². The number of likely N-dealkylation sites (tertiary alicyclic amines) is 1. The maximum atomic E-state index is 12.7. The molecule has 0 radical (unpaired) electrons. The minimum absolute atomic E-state index is 0.0510. The summed E-state index contributed by atoms with van der Waals surface area (Å²) >= 11 is 0. The van der Waals surface area contributed by atoms with E-state index in [0.29, 0.717) is 0 Å². The Labute approximate surface area is 103 Å². The van der Waals surface area contributed by atoms with Crippen LogP contribution in [0.5, 0.6) is 0 Å². The SMILES string of the molecule is O=C(O)CC1CCCN1Cc1nccn1C(F)F. The monoisotopic (exact) mass is 259 g/mol. The first-order valence-electron chi connectivity index (χ1n) is 5.83. The molecule has 7 heteroatoms. The third kappa shape index (κ3) is 2.84. The summed E-state index contributed by atoms with van der Waals surface area (Å²) in [6.07, 6.45) is 4.32. The summed E-state index contributed by atoms with van der Waals surface area (Å²) in [5, 5.41) is 8.79. The zero-order valence-corrected chi connectivity index (χ0v) is 9.80. The molecule has 2 heterocycles. The van der Waals surface area contributed by atoms with Crippen molar-refractivity contribution in [1.82, 2.24) is 14.5 Å². The largest absolute Gasteiger partial charge is 0.481 e. The fourth-order valence-corrected chi connectivity index (χ4v) is 2.36. The minimum Gasteiger partial charge on any atom is -0.481 e. The minimum atomic E-state index is -2.61. The molecule has 1 aliphatic rings. The Morgan fingerprint density at radius 1 is 1.61 bits per heavy atom. The Balaban J connectivity index is 2.03. The zero-order valence-electron chi connectivity index (χ0n) is 9.80. The van der Waals surface area contributed by atoms with Crippen LogP contribution in [-0.2, 0) is 11.3 Å². The van der Waals surface area contributed by atoms with Gasteiger partial charge in [-0.1, -0.05) is 0 Å². The van der Waals surface area contributed by atoms with E-state index in [9.17, 15) is 13.6 Å². The van der Waals surface area contributed by atoms with Gasteiger partial charge in [-0.15, -0.1) is 0 Å². The standard InChI is InChI=1S/C11H15F2N3O2/c12-11(13)16-5-3-14-9(16)7-15-4-1-2-8(15)6-10(17)18/h3,5,8,11H,1-2,4,6-7H2,(H,17,18). The van der Waals surface area contributed by atoms with Crippen LogP contribution in [0.15, 0.2) is 12.4 Å². The first kappa shape index (κ1) is 12.9. The van der Waals surface area contributed by atoms with Crippen molar-refractivity contribution in [3.8, 4) is 0 Å². The van der Waals surface area contributed by atoms with Gasteiger partial charge in [-0.25, -0.2) is 4.98 Å². The van der Waals surface area contributed by atoms with Crippen molar-refractivity contribution in [2.24, 2.45) is 0 Å². The molecule has 1 unspecified atom stereocenters. The van der Waals surface area contributed by atoms with Gasteiger partial charge in [0, 0.05) is 18.4 Å². The number of hydrogen-bond acceptors (Lipinski definition) is 3. The first-order valence-corrected chi connectivity index (χ1v) is 5.83. The molecule has 1 fully saturated rings. The zero-order chi connectivity index (χ0) is 13.1. The van der Waals surface area contributed by atoms with Crippen LogP contribution in [0.4, 0.5) is 8.78 Å². The highest BCUT2D eigenvalue weighted by atomic mass is 19.3. The normalized spacial score (nSPS) is 20.7. The topological polar surface area (TPSA) is 58.4 Å². The Bertz CT molecular complexity index is 422. The van der Waals surface area contributed by atoms with E-state index in [0.717, 1.165) is 24.0 Å². The molecule has 0 aliphatic carbocycles. The third-order valence-electron chi connectivity index (χ3n) is 3.21. The number of aliphatic carboxylic acids is 1. The lowest BCUT2D eigenvalue weighted by molar-refractivity contribution is -0.138. The Kier molecular flexibility index (Phi) is 3.90. The summed E-state index contributed by atoms with van der Waals surface area (Å²) in [5.41, 5.74) is 0. The molecule has 1 atom stereocenters. The van der Waals surface area contributed by atoms with Gasteiger partial charge in [0.2, 0.25) is 0 Å². The average molecular weight is 259 g/mol. The lowest BCUT2D eigenvalue weighted by Gasteiger charge is -2.22. The van der Waals surface area contributed by atoms with Gasteiger partial charge in [0.05, 0.1) is 13.0 Å². The van der Waals surface area contributed by atoms with Crippen LogP contribution < -0.4 is 0 Å². The number of aromatic nitrogens is 2. The molecule has 1 aliphatic heterocycles. The number of alkyl halides is 2. The first-order chi connectivity index (χ1) is 8.58. The number of rotatable bonds is 5. The Morgan fingerprint density at radius 3 is 3.06 bits per heavy atom. The van der Waals surface area contributed by atoms with Crippen molar-refractivity contribution in [3.05, 3.63) is 18.2 Å². The van der Waals surface area contributed by atoms with E-state index in [-0.39, 0.29) is 24.8 Å². The van der Waals surface area contributed by atoms with Crippen molar-refractivity contribution >= 4 is 5.97 Å². The van der Waals surface area contributed by atoms with Crippen molar-refractivity contribution in [1.29, 1.82) is 0 Å². The van der Waals surface area contributed by atoms with Gasteiger partial charge >= 0.3 is 12.5 Å². The molecule has 0 spiro atoms. The molecule has 1 aromatic heterocycles. The molecule has 2 rings (SSSR count). The molecule has 0 bridgehead atoms. The number of carboxylic acid groups (broad SMARTS) is 1. The molecule has 1 saturated heterocycles. The summed E-state index contributed by atoms with van der Waals surface area (Å²) in [4.78, 5) is 16.5. The lowest BCUT2D eigenvalue weighted by atomic mass is 10.1. The molecule has 0 aromatic carbocycles. The number of halogens is 2. The van der Waals surface area contributed by atoms with E-state index >= 15 is 0 Å². The van der Waals surface area contributed by atoms with Gasteiger partial charge in [0.1, 0.15) is 5.82 Å². The maximum absolute atomic E-state index is 12.7. The van der Waals surface area contributed by atoms with E-state index in [1.54, 1.807) is 0 Å². The van der Waals surface area contributed by atoms with Gasteiger partial charge in [-0.2, -0.15) is 8.78 Å². The summed E-state index contributed by atoms with van der Waals surface area (Å²) in [7, 11) is 0. The molecule has 1 aromatic rings. The molecule has 100 valence electrons. The second kappa shape index (κ2) is 5.43. The van der Waals surface area contributed by atoms with E-state index in [1.807, 2.05) is 4.90 Å². The quantitative estimate of drug-likeness (QED) is 0.874. The number of carbonyl (C=O) groups is 1. The highest BCUT2D eigenvalue weighted by Crippen LogP contribution is 2.23. The molecule has 5 nitrogen and oxygen atoms in total. The highest BCUT2D eigenvalue weighted by molar-refractivity contribution is 5.67. The molecule has 0 saturated carbocycles. The Morgan fingerprint density at radius 2 is 2.39 bits per heavy atom. The van der Waals surface area contributed by atoms with Gasteiger partial charge in [-0.3, -0.25) is 14.3 Å². The van der Waals surface area contributed by atoms with Crippen molar-refractivity contribution < 1.29 is 18.7 Å². The Hall–Kier alpha value is -1.50. The number of carboxylic acids is 1. The van der Waals surface area contributed by atoms with E-state index in [1.165, 1.54) is 12.4 Å². The average Bonchev–Trinajstić information content (AvgIpc) is 2.88. The lowest BCUT2D eigenvalue weighted by Crippen LogP contribution is -2.32. The van der Waals surface area contributed by atoms with Crippen LogP contribution in [0.2, 0.25) is 0 Å². The second-order valence-electron chi connectivity index (χ2n) is 4.39. The van der Waals surface area contributed by atoms with E-state index in [4.69, 9.17) is 5.11 Å². The summed E-state index contributed by atoms with van der Waals surface area (Å²) in [6, 6.07) is -0.0784. The van der Waals surface area contributed by atoms with Crippen LogP contribution in [0.1, 0.15) is 31.6 Å². The number of hydrogen-bond donors (Lipinski definition) is 1. The maximum Gasteiger partial charge on any atom is 0.319 e. The van der Waals surface area contributed by atoms with Gasteiger partial charge in [-0.05, 0) is 19.4 Å². The van der Waals surface area contributed by atoms with Gasteiger partial charge < -0.3 is 5.11 Å². The summed E-state index contributed by atoms with van der Waals surface area (Å²) in [6.45, 7) is -1.61. The van der Waals surface area contributed by atoms with Crippen LogP contribution in [0.3, 0.4) is 0 Å². The summed E-state index contributed by atoms with van der Waals surface area (Å²) < 4.78 is 26.1. The fourth-order valence-electron chi connectivity index (χ4n) is 2.36. The number of nitrogens with zero attached hydrogens (tertiary/aromatic N) is 3. The highest BCUT2D eigenvalue weighted by Gasteiger charge is 2.28. The van der Waals surface area contributed by atoms with Gasteiger partial charge in [0.25, 0.3) is 0 Å². The molecule has 18 heavy (non-hydrogen) atoms. The molecular weight excluding hydrogens is 244 g/mol. The smallest absolute Gasteiger partial charge is 0.319 e.